The van der Waals surface area contributed by atoms with E-state index in [0.29, 0.717) is 5.92 Å². The first-order chi connectivity index (χ1) is 6.09. The number of ether oxygens (including phenoxy) is 1. The van der Waals surface area contributed by atoms with E-state index >= 15 is 0 Å². The summed E-state index contributed by atoms with van der Waals surface area (Å²) < 4.78 is 4.82. The number of allylic oxidation sites excluding steroid dienone is 1. The lowest BCUT2D eigenvalue weighted by molar-refractivity contribution is -0.140. The van der Waals surface area contributed by atoms with E-state index in [1.54, 1.807) is 0 Å². The molecule has 0 amide bonds. The summed E-state index contributed by atoms with van der Waals surface area (Å²) in [6.07, 6.45) is 3.28. The van der Waals surface area contributed by atoms with Crippen molar-refractivity contribution in [2.75, 3.05) is 6.61 Å². The zero-order chi connectivity index (χ0) is 9.84. The monoisotopic (exact) mass is 184 g/mol. The van der Waals surface area contributed by atoms with Crippen molar-refractivity contribution in [2.24, 2.45) is 5.92 Å². The van der Waals surface area contributed by atoms with Crippen LogP contribution in [0.25, 0.3) is 0 Å². The van der Waals surface area contributed by atoms with E-state index in [1.807, 2.05) is 6.08 Å². The van der Waals surface area contributed by atoms with Crippen molar-refractivity contribution in [1.29, 1.82) is 0 Å². The quantitative estimate of drug-likeness (QED) is 0.519. The van der Waals surface area contributed by atoms with Gasteiger partial charge in [-0.2, -0.15) is 0 Å². The molecule has 1 rings (SSSR count). The molecule has 1 aliphatic carbocycles. The van der Waals surface area contributed by atoms with Gasteiger partial charge in [-0.3, -0.25) is 4.79 Å². The third kappa shape index (κ3) is 3.19. The molecule has 1 aliphatic rings. The average Bonchev–Trinajstić information content (AvgIpc) is 2.02. The Labute approximate surface area is 78.4 Å². The SMILES string of the molecule is CC(=O)OCC1=CC[C@@H](C)C[C@H]1O. The van der Waals surface area contributed by atoms with Gasteiger partial charge in [0.05, 0.1) is 6.10 Å². The molecule has 0 bridgehead atoms. The molecule has 0 spiro atoms. The second-order valence-electron chi connectivity index (χ2n) is 3.65. The van der Waals surface area contributed by atoms with Gasteiger partial charge in [0.15, 0.2) is 0 Å². The Morgan fingerprint density at radius 2 is 2.46 bits per heavy atom. The summed E-state index contributed by atoms with van der Waals surface area (Å²) in [6.45, 7) is 3.71. The highest BCUT2D eigenvalue weighted by molar-refractivity contribution is 5.66. The molecule has 0 aromatic heterocycles. The molecule has 0 radical (unpaired) electrons. The lowest BCUT2D eigenvalue weighted by Crippen LogP contribution is -2.22. The van der Waals surface area contributed by atoms with Crippen LogP contribution in [0.15, 0.2) is 11.6 Å². The van der Waals surface area contributed by atoms with Crippen molar-refractivity contribution < 1.29 is 14.6 Å². The molecule has 0 aliphatic heterocycles. The Morgan fingerprint density at radius 1 is 1.77 bits per heavy atom. The number of rotatable bonds is 2. The third-order valence-electron chi connectivity index (χ3n) is 2.28. The fourth-order valence-electron chi connectivity index (χ4n) is 1.46. The number of esters is 1. The van der Waals surface area contributed by atoms with Crippen LogP contribution in [-0.2, 0) is 9.53 Å². The van der Waals surface area contributed by atoms with E-state index in [2.05, 4.69) is 6.92 Å². The number of hydrogen-bond donors (Lipinski definition) is 1. The second-order valence-corrected chi connectivity index (χ2v) is 3.65. The van der Waals surface area contributed by atoms with E-state index in [9.17, 15) is 9.90 Å². The molecular weight excluding hydrogens is 168 g/mol. The van der Waals surface area contributed by atoms with Crippen LogP contribution < -0.4 is 0 Å². The van der Waals surface area contributed by atoms with Gasteiger partial charge < -0.3 is 9.84 Å². The van der Waals surface area contributed by atoms with Crippen molar-refractivity contribution in [1.82, 2.24) is 0 Å². The Balaban J connectivity index is 2.44. The summed E-state index contributed by atoms with van der Waals surface area (Å²) in [5.41, 5.74) is 0.841. The predicted molar refractivity (Wildman–Crippen MR) is 49.1 cm³/mol. The first kappa shape index (κ1) is 10.3. The van der Waals surface area contributed by atoms with E-state index < -0.39 is 6.10 Å². The highest BCUT2D eigenvalue weighted by atomic mass is 16.5. The lowest BCUT2D eigenvalue weighted by Gasteiger charge is -2.23. The van der Waals surface area contributed by atoms with Gasteiger partial charge in [0.1, 0.15) is 6.61 Å². The maximum atomic E-state index is 10.5. The number of aliphatic hydroxyl groups excluding tert-OH is 1. The lowest BCUT2D eigenvalue weighted by atomic mass is 9.89. The standard InChI is InChI=1S/C10H16O3/c1-7-3-4-9(10(12)5-7)6-13-8(2)11/h4,7,10,12H,3,5-6H2,1-2H3/t7-,10-/m1/s1. The van der Waals surface area contributed by atoms with E-state index in [-0.39, 0.29) is 12.6 Å². The molecule has 13 heavy (non-hydrogen) atoms. The summed E-state index contributed by atoms with van der Waals surface area (Å²) >= 11 is 0. The van der Waals surface area contributed by atoms with Gasteiger partial charge in [0.2, 0.25) is 0 Å². The van der Waals surface area contributed by atoms with Gasteiger partial charge >= 0.3 is 5.97 Å². The molecule has 0 fully saturated rings. The van der Waals surface area contributed by atoms with Gasteiger partial charge in [-0.15, -0.1) is 0 Å². The normalized spacial score (nSPS) is 28.1. The third-order valence-corrected chi connectivity index (χ3v) is 2.28. The van der Waals surface area contributed by atoms with Crippen LogP contribution in [0.1, 0.15) is 26.7 Å². The van der Waals surface area contributed by atoms with Crippen molar-refractivity contribution in [3.8, 4) is 0 Å². The van der Waals surface area contributed by atoms with E-state index in [4.69, 9.17) is 4.74 Å². The van der Waals surface area contributed by atoms with Crippen LogP contribution in [0.2, 0.25) is 0 Å². The van der Waals surface area contributed by atoms with Crippen molar-refractivity contribution in [3.63, 3.8) is 0 Å². The number of carbonyl (C=O) groups excluding carboxylic acids is 1. The maximum absolute atomic E-state index is 10.5. The average molecular weight is 184 g/mol. The smallest absolute Gasteiger partial charge is 0.302 e. The molecule has 0 aromatic rings. The first-order valence-corrected chi connectivity index (χ1v) is 4.60. The summed E-state index contributed by atoms with van der Waals surface area (Å²) in [6, 6.07) is 0. The zero-order valence-electron chi connectivity index (χ0n) is 8.12. The van der Waals surface area contributed by atoms with E-state index in [0.717, 1.165) is 18.4 Å². The molecule has 3 heteroatoms. The fraction of sp³-hybridized carbons (Fsp3) is 0.700. The predicted octanol–water partition coefficient (Wildman–Crippen LogP) is 1.27. The Hall–Kier alpha value is -0.830. The van der Waals surface area contributed by atoms with Crippen LogP contribution in [0, 0.1) is 5.92 Å². The number of carbonyl (C=O) groups is 1. The van der Waals surface area contributed by atoms with Gasteiger partial charge in [0, 0.05) is 6.92 Å². The largest absolute Gasteiger partial charge is 0.461 e. The Bertz CT molecular complexity index is 220. The second kappa shape index (κ2) is 4.42. The molecule has 0 unspecified atom stereocenters. The molecule has 2 atom stereocenters. The van der Waals surface area contributed by atoms with E-state index in [1.165, 1.54) is 6.92 Å². The highest BCUT2D eigenvalue weighted by Crippen LogP contribution is 2.23. The summed E-state index contributed by atoms with van der Waals surface area (Å²) in [5.74, 6) is 0.225. The van der Waals surface area contributed by atoms with Crippen molar-refractivity contribution in [3.05, 3.63) is 11.6 Å². The molecule has 3 nitrogen and oxygen atoms in total. The van der Waals surface area contributed by atoms with Crippen molar-refractivity contribution >= 4 is 5.97 Å². The molecule has 74 valence electrons. The van der Waals surface area contributed by atoms with Crippen LogP contribution in [0.4, 0.5) is 0 Å². The van der Waals surface area contributed by atoms with Crippen LogP contribution in [-0.4, -0.2) is 23.8 Å². The van der Waals surface area contributed by atoms with Crippen LogP contribution in [0.5, 0.6) is 0 Å². The Kier molecular flexibility index (Phi) is 3.48. The molecule has 0 heterocycles. The maximum Gasteiger partial charge on any atom is 0.302 e. The molecular formula is C10H16O3. The van der Waals surface area contributed by atoms with Crippen LogP contribution >= 0.6 is 0 Å². The van der Waals surface area contributed by atoms with Gasteiger partial charge in [0.25, 0.3) is 0 Å². The van der Waals surface area contributed by atoms with Gasteiger partial charge in [-0.05, 0) is 24.3 Å². The number of aliphatic hydroxyl groups is 1. The minimum absolute atomic E-state index is 0.239. The molecule has 0 saturated heterocycles. The summed E-state index contributed by atoms with van der Waals surface area (Å²) in [7, 11) is 0. The minimum atomic E-state index is -0.428. The molecule has 0 saturated carbocycles. The van der Waals surface area contributed by atoms with Crippen molar-refractivity contribution in [2.45, 2.75) is 32.8 Å². The first-order valence-electron chi connectivity index (χ1n) is 4.60. The highest BCUT2D eigenvalue weighted by Gasteiger charge is 2.19. The molecule has 1 N–H and O–H groups in total. The number of hydrogen-bond acceptors (Lipinski definition) is 3. The van der Waals surface area contributed by atoms with Gasteiger partial charge in [-0.25, -0.2) is 0 Å². The zero-order valence-corrected chi connectivity index (χ0v) is 8.12. The molecule has 0 aromatic carbocycles. The summed E-state index contributed by atoms with van der Waals surface area (Å²) in [5, 5.41) is 9.59. The minimum Gasteiger partial charge on any atom is -0.461 e. The topological polar surface area (TPSA) is 46.5 Å². The Morgan fingerprint density at radius 3 is 3.00 bits per heavy atom. The fourth-order valence-corrected chi connectivity index (χ4v) is 1.46. The van der Waals surface area contributed by atoms with Crippen LogP contribution in [0.3, 0.4) is 0 Å². The van der Waals surface area contributed by atoms with Gasteiger partial charge in [-0.1, -0.05) is 13.0 Å². The summed E-state index contributed by atoms with van der Waals surface area (Å²) in [4.78, 5) is 10.5.